The lowest BCUT2D eigenvalue weighted by molar-refractivity contribution is 0.373. The molecule has 2 N–H and O–H groups in total. The van der Waals surface area contributed by atoms with Crippen LogP contribution in [-0.2, 0) is 6.42 Å². The van der Waals surface area contributed by atoms with E-state index < -0.39 is 0 Å². The van der Waals surface area contributed by atoms with Crippen LogP contribution in [0.1, 0.15) is 19.4 Å². The van der Waals surface area contributed by atoms with Crippen LogP contribution in [0.15, 0.2) is 57.5 Å². The summed E-state index contributed by atoms with van der Waals surface area (Å²) in [5, 5.41) is 20.3. The molecule has 0 saturated heterocycles. The molecule has 0 aliphatic carbocycles. The van der Waals surface area contributed by atoms with Gasteiger partial charge in [0.25, 0.3) is 0 Å². The number of ether oxygens (including phenoxy) is 1. The van der Waals surface area contributed by atoms with Crippen LogP contribution in [0.5, 0.6) is 17.2 Å². The zero-order chi connectivity index (χ0) is 18.8. The van der Waals surface area contributed by atoms with Crippen molar-refractivity contribution >= 4 is 11.0 Å². The van der Waals surface area contributed by atoms with E-state index in [0.717, 1.165) is 5.57 Å². The highest BCUT2D eigenvalue weighted by Gasteiger charge is 2.15. The molecule has 0 radical (unpaired) electrons. The average molecular weight is 352 g/mol. The number of methoxy groups -OCH3 is 1. The number of aromatic hydroxyl groups is 2. The Morgan fingerprint density at radius 2 is 1.96 bits per heavy atom. The first-order valence-electron chi connectivity index (χ1n) is 8.19. The lowest BCUT2D eigenvalue weighted by Crippen LogP contribution is -2.07. The largest absolute Gasteiger partial charge is 0.508 e. The number of allylic oxidation sites excluding steroid dienone is 2. The van der Waals surface area contributed by atoms with Gasteiger partial charge in [0.05, 0.1) is 18.1 Å². The van der Waals surface area contributed by atoms with Gasteiger partial charge in [0, 0.05) is 6.07 Å². The second kappa shape index (κ2) is 6.96. The molecule has 0 aliphatic heterocycles. The Morgan fingerprint density at radius 1 is 1.19 bits per heavy atom. The van der Waals surface area contributed by atoms with Crippen LogP contribution < -0.4 is 10.2 Å². The average Bonchev–Trinajstić information content (AvgIpc) is 2.59. The second-order valence-electron chi connectivity index (χ2n) is 6.33. The normalized spacial score (nSPS) is 10.7. The summed E-state index contributed by atoms with van der Waals surface area (Å²) >= 11 is 0. The monoisotopic (exact) mass is 352 g/mol. The van der Waals surface area contributed by atoms with E-state index in [9.17, 15) is 15.0 Å². The molecule has 3 aromatic rings. The molecule has 5 nitrogen and oxygen atoms in total. The zero-order valence-corrected chi connectivity index (χ0v) is 14.9. The van der Waals surface area contributed by atoms with Gasteiger partial charge >= 0.3 is 0 Å². The molecule has 134 valence electrons. The Labute approximate surface area is 150 Å². The number of hydrogen-bond donors (Lipinski definition) is 2. The van der Waals surface area contributed by atoms with Crippen LogP contribution in [0.4, 0.5) is 0 Å². The molecule has 0 aliphatic rings. The lowest BCUT2D eigenvalue weighted by Gasteiger charge is -2.09. The van der Waals surface area contributed by atoms with E-state index in [4.69, 9.17) is 9.15 Å². The van der Waals surface area contributed by atoms with Crippen molar-refractivity contribution < 1.29 is 19.4 Å². The fourth-order valence-corrected chi connectivity index (χ4v) is 2.85. The van der Waals surface area contributed by atoms with Gasteiger partial charge < -0.3 is 19.4 Å². The van der Waals surface area contributed by atoms with E-state index in [1.54, 1.807) is 18.2 Å². The van der Waals surface area contributed by atoms with Gasteiger partial charge in [0.2, 0.25) is 5.43 Å². The molecular formula is C21H20O5. The van der Waals surface area contributed by atoms with Crippen molar-refractivity contribution in [1.82, 2.24) is 0 Å². The molecule has 0 saturated carbocycles. The van der Waals surface area contributed by atoms with Gasteiger partial charge in [-0.25, -0.2) is 0 Å². The maximum atomic E-state index is 13.1. The van der Waals surface area contributed by atoms with E-state index in [0.29, 0.717) is 39.8 Å². The van der Waals surface area contributed by atoms with Crippen LogP contribution in [0.25, 0.3) is 22.1 Å². The van der Waals surface area contributed by atoms with Gasteiger partial charge in [-0.2, -0.15) is 0 Å². The second-order valence-corrected chi connectivity index (χ2v) is 6.33. The maximum absolute atomic E-state index is 13.1. The van der Waals surface area contributed by atoms with Gasteiger partial charge in [-0.05, 0) is 49.6 Å². The number of phenols is 2. The number of benzene rings is 2. The highest BCUT2D eigenvalue weighted by Crippen LogP contribution is 2.32. The number of hydrogen-bond acceptors (Lipinski definition) is 5. The molecule has 5 heteroatoms. The van der Waals surface area contributed by atoms with Crippen LogP contribution in [0.2, 0.25) is 0 Å². The topological polar surface area (TPSA) is 79.9 Å². The van der Waals surface area contributed by atoms with Crippen LogP contribution in [-0.4, -0.2) is 17.3 Å². The Hall–Kier alpha value is -3.21. The van der Waals surface area contributed by atoms with Crippen molar-refractivity contribution in [2.75, 3.05) is 7.11 Å². The molecule has 0 spiro atoms. The van der Waals surface area contributed by atoms with Crippen LogP contribution in [0.3, 0.4) is 0 Å². The Morgan fingerprint density at radius 3 is 2.62 bits per heavy atom. The molecule has 1 aromatic heterocycles. The van der Waals surface area contributed by atoms with Crippen molar-refractivity contribution in [2.24, 2.45) is 0 Å². The van der Waals surface area contributed by atoms with Gasteiger partial charge in [-0.15, -0.1) is 0 Å². The lowest BCUT2D eigenvalue weighted by atomic mass is 10.00. The minimum absolute atomic E-state index is 0.0487. The highest BCUT2D eigenvalue weighted by atomic mass is 16.5. The molecule has 0 fully saturated rings. The van der Waals surface area contributed by atoms with Gasteiger partial charge in [0.15, 0.2) is 11.5 Å². The quantitative estimate of drug-likeness (QED) is 0.681. The predicted octanol–water partition coefficient (Wildman–Crippen LogP) is 4.39. The molecule has 2 aromatic carbocycles. The van der Waals surface area contributed by atoms with Crippen molar-refractivity contribution in [3.8, 4) is 28.4 Å². The predicted molar refractivity (Wildman–Crippen MR) is 101 cm³/mol. The minimum Gasteiger partial charge on any atom is -0.508 e. The summed E-state index contributed by atoms with van der Waals surface area (Å²) in [6.45, 7) is 3.94. The first kappa shape index (κ1) is 17.6. The first-order valence-corrected chi connectivity index (χ1v) is 8.19. The summed E-state index contributed by atoms with van der Waals surface area (Å²) in [5.74, 6) is 0.320. The Bertz CT molecular complexity index is 1060. The molecule has 0 unspecified atom stereocenters. The van der Waals surface area contributed by atoms with Crippen molar-refractivity contribution in [3.05, 3.63) is 64.0 Å². The summed E-state index contributed by atoms with van der Waals surface area (Å²) in [4.78, 5) is 13.1. The van der Waals surface area contributed by atoms with Crippen molar-refractivity contribution in [2.45, 2.75) is 20.3 Å². The van der Waals surface area contributed by atoms with E-state index in [-0.39, 0.29) is 16.9 Å². The smallest absolute Gasteiger partial charge is 0.200 e. The zero-order valence-electron chi connectivity index (χ0n) is 14.9. The molecule has 1 heterocycles. The van der Waals surface area contributed by atoms with Gasteiger partial charge in [-0.1, -0.05) is 17.7 Å². The SMILES string of the molecule is COc1ccc(-c2coc3cc(O)cc(CC=C(C)C)c3c2=O)cc1O. The van der Waals surface area contributed by atoms with E-state index in [1.165, 1.54) is 25.5 Å². The Kier molecular flexibility index (Phi) is 4.71. The highest BCUT2D eigenvalue weighted by molar-refractivity contribution is 5.86. The van der Waals surface area contributed by atoms with Crippen molar-refractivity contribution in [3.63, 3.8) is 0 Å². The molecule has 0 atom stereocenters. The standard InChI is InChI=1S/C21H20O5/c1-12(2)4-5-14-8-15(22)10-19-20(14)21(24)16(11-26-19)13-6-7-18(25-3)17(23)9-13/h4,6-11,22-23H,5H2,1-3H3. The number of rotatable bonds is 4. The summed E-state index contributed by atoms with van der Waals surface area (Å²) in [7, 11) is 1.46. The van der Waals surface area contributed by atoms with Crippen molar-refractivity contribution in [1.29, 1.82) is 0 Å². The summed E-state index contributed by atoms with van der Waals surface area (Å²) in [5.41, 5.74) is 2.78. The third kappa shape index (κ3) is 3.28. The molecule has 3 rings (SSSR count). The minimum atomic E-state index is -0.215. The molecular weight excluding hydrogens is 332 g/mol. The molecule has 26 heavy (non-hydrogen) atoms. The van der Waals surface area contributed by atoms with Crippen LogP contribution in [0, 0.1) is 0 Å². The van der Waals surface area contributed by atoms with E-state index in [2.05, 4.69) is 0 Å². The van der Waals surface area contributed by atoms with Gasteiger partial charge in [0.1, 0.15) is 17.6 Å². The first-order chi connectivity index (χ1) is 12.4. The van der Waals surface area contributed by atoms with E-state index >= 15 is 0 Å². The Balaban J connectivity index is 2.23. The summed E-state index contributed by atoms with van der Waals surface area (Å²) in [6.07, 6.45) is 3.84. The fraction of sp³-hybridized carbons (Fsp3) is 0.190. The number of phenolic OH excluding ortho intramolecular Hbond substituents is 2. The van der Waals surface area contributed by atoms with E-state index in [1.807, 2.05) is 19.9 Å². The van der Waals surface area contributed by atoms with Crippen LogP contribution >= 0.6 is 0 Å². The third-order valence-electron chi connectivity index (χ3n) is 4.16. The summed E-state index contributed by atoms with van der Waals surface area (Å²) < 4.78 is 10.6. The summed E-state index contributed by atoms with van der Waals surface area (Å²) in [6, 6.07) is 7.75. The van der Waals surface area contributed by atoms with Gasteiger partial charge in [-0.3, -0.25) is 4.79 Å². The molecule has 0 amide bonds. The molecule has 0 bridgehead atoms. The third-order valence-corrected chi connectivity index (χ3v) is 4.16. The maximum Gasteiger partial charge on any atom is 0.200 e. The number of fused-ring (bicyclic) bond motifs is 1. The fourth-order valence-electron chi connectivity index (χ4n) is 2.85.